The van der Waals surface area contributed by atoms with E-state index in [0.717, 1.165) is 12.8 Å². The van der Waals surface area contributed by atoms with Crippen LogP contribution < -0.4 is 4.74 Å². The molecule has 1 aromatic carbocycles. The van der Waals surface area contributed by atoms with Crippen molar-refractivity contribution in [2.75, 3.05) is 0 Å². The minimum atomic E-state index is -1.15. The van der Waals surface area contributed by atoms with Gasteiger partial charge in [0.15, 0.2) is 12.4 Å². The van der Waals surface area contributed by atoms with Crippen LogP contribution in [-0.2, 0) is 13.0 Å². The molecule has 0 fully saturated rings. The van der Waals surface area contributed by atoms with Crippen molar-refractivity contribution in [2.24, 2.45) is 0 Å². The van der Waals surface area contributed by atoms with Crippen LogP contribution in [-0.4, -0.2) is 21.2 Å². The summed E-state index contributed by atoms with van der Waals surface area (Å²) in [6.07, 6.45) is 1.64. The topological polar surface area (TPSA) is 85.5 Å². The fraction of sp³-hybridized carbons (Fsp3) is 0.308. The second kappa shape index (κ2) is 6.38. The number of rotatable bonds is 6. The van der Waals surface area contributed by atoms with Crippen LogP contribution in [0.25, 0.3) is 0 Å². The normalized spacial score (nSPS) is 10.5. The van der Waals surface area contributed by atoms with Crippen molar-refractivity contribution in [3.8, 4) is 5.75 Å². The molecule has 0 aliphatic rings. The van der Waals surface area contributed by atoms with E-state index in [0.29, 0.717) is 11.7 Å². The van der Waals surface area contributed by atoms with Crippen molar-refractivity contribution >= 4 is 17.6 Å². The number of aromatic carboxylic acids is 1. The molecular weight excluding hydrogens is 284 g/mol. The summed E-state index contributed by atoms with van der Waals surface area (Å²) in [5.74, 6) is -0.0801. The van der Waals surface area contributed by atoms with E-state index in [1.807, 2.05) is 6.92 Å². The molecule has 7 heteroatoms. The fourth-order valence-electron chi connectivity index (χ4n) is 1.65. The largest absolute Gasteiger partial charge is 0.483 e. The number of halogens is 1. The zero-order chi connectivity index (χ0) is 14.5. The lowest BCUT2D eigenvalue weighted by Crippen LogP contribution is -2.04. The van der Waals surface area contributed by atoms with Gasteiger partial charge < -0.3 is 14.4 Å². The molecule has 0 spiro atoms. The number of carboxylic acid groups (broad SMARTS) is 1. The highest BCUT2D eigenvalue weighted by atomic mass is 35.5. The Morgan fingerprint density at radius 2 is 2.30 bits per heavy atom. The summed E-state index contributed by atoms with van der Waals surface area (Å²) in [5.41, 5.74) is -0.0811. The van der Waals surface area contributed by atoms with Gasteiger partial charge in [-0.15, -0.1) is 0 Å². The van der Waals surface area contributed by atoms with Crippen LogP contribution in [0.4, 0.5) is 0 Å². The zero-order valence-corrected chi connectivity index (χ0v) is 11.6. The minimum Gasteiger partial charge on any atom is -0.483 e. The van der Waals surface area contributed by atoms with E-state index in [1.54, 1.807) is 6.07 Å². The Labute approximate surface area is 120 Å². The number of hydrogen-bond donors (Lipinski definition) is 1. The van der Waals surface area contributed by atoms with Crippen molar-refractivity contribution in [1.29, 1.82) is 0 Å². The molecule has 1 heterocycles. The summed E-state index contributed by atoms with van der Waals surface area (Å²) in [7, 11) is 0. The van der Waals surface area contributed by atoms with Crippen molar-refractivity contribution in [3.05, 3.63) is 40.5 Å². The highest BCUT2D eigenvalue weighted by Gasteiger charge is 2.16. The standard InChI is InChI=1S/C13H13ClN2O4/c1-2-4-10-15-11(20-16-10)7-19-9-6-3-5-8(14)12(9)13(17)18/h3,5-6H,2,4,7H2,1H3,(H,17,18). The third-order valence-corrected chi connectivity index (χ3v) is 2.84. The van der Waals surface area contributed by atoms with Crippen molar-refractivity contribution in [1.82, 2.24) is 10.1 Å². The third kappa shape index (κ3) is 3.27. The van der Waals surface area contributed by atoms with Gasteiger partial charge in [0.2, 0.25) is 0 Å². The highest BCUT2D eigenvalue weighted by molar-refractivity contribution is 6.33. The summed E-state index contributed by atoms with van der Waals surface area (Å²) in [4.78, 5) is 15.3. The predicted molar refractivity (Wildman–Crippen MR) is 71.0 cm³/mol. The number of aromatic nitrogens is 2. The molecule has 0 aliphatic carbocycles. The third-order valence-electron chi connectivity index (χ3n) is 2.52. The Bertz CT molecular complexity index is 612. The van der Waals surface area contributed by atoms with Gasteiger partial charge in [0.05, 0.1) is 5.02 Å². The van der Waals surface area contributed by atoms with Crippen LogP contribution >= 0.6 is 11.6 Å². The van der Waals surface area contributed by atoms with Gasteiger partial charge in [-0.25, -0.2) is 4.79 Å². The van der Waals surface area contributed by atoms with Crippen LogP contribution in [0, 0.1) is 0 Å². The van der Waals surface area contributed by atoms with Gasteiger partial charge in [-0.1, -0.05) is 29.7 Å². The number of nitrogens with zero attached hydrogens (tertiary/aromatic N) is 2. The Kier molecular flexibility index (Phi) is 4.57. The maximum atomic E-state index is 11.1. The lowest BCUT2D eigenvalue weighted by Gasteiger charge is -2.07. The average Bonchev–Trinajstić information content (AvgIpc) is 2.84. The van der Waals surface area contributed by atoms with Gasteiger partial charge in [0.1, 0.15) is 11.3 Å². The number of carboxylic acids is 1. The minimum absolute atomic E-state index is 0.00264. The monoisotopic (exact) mass is 296 g/mol. The lowest BCUT2D eigenvalue weighted by atomic mass is 10.2. The Balaban J connectivity index is 2.10. The first kappa shape index (κ1) is 14.3. The molecule has 0 saturated carbocycles. The molecule has 0 unspecified atom stereocenters. The van der Waals surface area contributed by atoms with Crippen LogP contribution in [0.2, 0.25) is 5.02 Å². The van der Waals surface area contributed by atoms with Gasteiger partial charge in [-0.2, -0.15) is 4.98 Å². The average molecular weight is 297 g/mol. The van der Waals surface area contributed by atoms with Crippen molar-refractivity contribution < 1.29 is 19.2 Å². The van der Waals surface area contributed by atoms with E-state index in [1.165, 1.54) is 12.1 Å². The smallest absolute Gasteiger partial charge is 0.341 e. The first-order chi connectivity index (χ1) is 9.61. The SMILES string of the molecule is CCCc1noc(COc2cccc(Cl)c2C(=O)O)n1. The fourth-order valence-corrected chi connectivity index (χ4v) is 1.89. The number of ether oxygens (including phenoxy) is 1. The van der Waals surface area contributed by atoms with Gasteiger partial charge in [0, 0.05) is 6.42 Å². The van der Waals surface area contributed by atoms with E-state index in [9.17, 15) is 4.79 Å². The molecule has 106 valence electrons. The van der Waals surface area contributed by atoms with Crippen LogP contribution in [0.1, 0.15) is 35.4 Å². The molecule has 20 heavy (non-hydrogen) atoms. The first-order valence-electron chi connectivity index (χ1n) is 6.08. The molecule has 2 aromatic rings. The number of aryl methyl sites for hydroxylation is 1. The van der Waals surface area contributed by atoms with E-state index < -0.39 is 5.97 Å². The summed E-state index contributed by atoms with van der Waals surface area (Å²) in [6, 6.07) is 4.63. The first-order valence-corrected chi connectivity index (χ1v) is 6.45. The summed E-state index contributed by atoms with van der Waals surface area (Å²) in [6.45, 7) is 2.01. The molecule has 0 radical (unpaired) electrons. The Morgan fingerprint density at radius 3 is 3.00 bits per heavy atom. The van der Waals surface area contributed by atoms with Crippen LogP contribution in [0.3, 0.4) is 0 Å². The summed E-state index contributed by atoms with van der Waals surface area (Å²) in [5, 5.41) is 13.0. The van der Waals surface area contributed by atoms with Crippen molar-refractivity contribution in [3.63, 3.8) is 0 Å². The molecule has 1 aromatic heterocycles. The maximum Gasteiger partial charge on any atom is 0.341 e. The van der Waals surface area contributed by atoms with E-state index in [-0.39, 0.29) is 22.9 Å². The zero-order valence-electron chi connectivity index (χ0n) is 10.8. The quantitative estimate of drug-likeness (QED) is 0.882. The lowest BCUT2D eigenvalue weighted by molar-refractivity contribution is 0.0691. The number of benzene rings is 1. The highest BCUT2D eigenvalue weighted by Crippen LogP contribution is 2.26. The molecule has 0 saturated heterocycles. The second-order valence-corrected chi connectivity index (χ2v) is 4.47. The van der Waals surface area contributed by atoms with Gasteiger partial charge >= 0.3 is 5.97 Å². The predicted octanol–water partition coefficient (Wildman–Crippen LogP) is 2.95. The number of hydrogen-bond acceptors (Lipinski definition) is 5. The number of carbonyl (C=O) groups is 1. The Hall–Kier alpha value is -2.08. The van der Waals surface area contributed by atoms with Crippen LogP contribution in [0.15, 0.2) is 22.7 Å². The maximum absolute atomic E-state index is 11.1. The van der Waals surface area contributed by atoms with E-state index >= 15 is 0 Å². The summed E-state index contributed by atoms with van der Waals surface area (Å²) >= 11 is 5.84. The van der Waals surface area contributed by atoms with Gasteiger partial charge in [0.25, 0.3) is 5.89 Å². The van der Waals surface area contributed by atoms with Gasteiger partial charge in [-0.3, -0.25) is 0 Å². The molecule has 6 nitrogen and oxygen atoms in total. The van der Waals surface area contributed by atoms with Crippen molar-refractivity contribution in [2.45, 2.75) is 26.4 Å². The van der Waals surface area contributed by atoms with Crippen LogP contribution in [0.5, 0.6) is 5.75 Å². The van der Waals surface area contributed by atoms with Gasteiger partial charge in [-0.05, 0) is 18.6 Å². The molecule has 1 N–H and O–H groups in total. The molecule has 2 rings (SSSR count). The molecular formula is C13H13ClN2O4. The second-order valence-electron chi connectivity index (χ2n) is 4.06. The molecule has 0 atom stereocenters. The van der Waals surface area contributed by atoms with E-state index in [4.69, 9.17) is 26.0 Å². The summed E-state index contributed by atoms with van der Waals surface area (Å²) < 4.78 is 10.4. The van der Waals surface area contributed by atoms with E-state index in [2.05, 4.69) is 10.1 Å². The molecule has 0 aliphatic heterocycles. The Morgan fingerprint density at radius 1 is 1.50 bits per heavy atom. The molecule has 0 amide bonds. The molecule has 0 bridgehead atoms.